The van der Waals surface area contributed by atoms with Crippen LogP contribution in [0.1, 0.15) is 17.4 Å². The number of fused-ring (bicyclic) bond motifs is 1. The first kappa shape index (κ1) is 12.6. The summed E-state index contributed by atoms with van der Waals surface area (Å²) in [5.41, 5.74) is 2.17. The Labute approximate surface area is 121 Å². The number of hydrogen-bond acceptors (Lipinski definition) is 3. The zero-order valence-corrected chi connectivity index (χ0v) is 12.3. The van der Waals surface area contributed by atoms with Gasteiger partial charge in [-0.15, -0.1) is 11.3 Å². The van der Waals surface area contributed by atoms with Gasteiger partial charge in [-0.3, -0.25) is 0 Å². The molecular formula is C15H13ClN2S. The van der Waals surface area contributed by atoms with E-state index in [4.69, 9.17) is 16.6 Å². The maximum Gasteiger partial charge on any atom is 0.171 e. The minimum absolute atomic E-state index is 0.529. The van der Waals surface area contributed by atoms with Gasteiger partial charge in [-0.05, 0) is 37.1 Å². The molecule has 0 aliphatic rings. The van der Waals surface area contributed by atoms with Crippen molar-refractivity contribution in [3.05, 3.63) is 45.9 Å². The Morgan fingerprint density at radius 3 is 2.68 bits per heavy atom. The number of nitrogens with zero attached hydrogens (tertiary/aromatic N) is 2. The van der Waals surface area contributed by atoms with Crippen LogP contribution < -0.4 is 0 Å². The fourth-order valence-corrected chi connectivity index (χ4v) is 3.16. The Hall–Kier alpha value is -1.45. The molecule has 19 heavy (non-hydrogen) atoms. The van der Waals surface area contributed by atoms with E-state index in [1.54, 1.807) is 11.3 Å². The van der Waals surface area contributed by atoms with Crippen LogP contribution >= 0.6 is 22.9 Å². The first-order chi connectivity index (χ1) is 9.19. The monoisotopic (exact) mass is 288 g/mol. The van der Waals surface area contributed by atoms with Gasteiger partial charge in [0.25, 0.3) is 0 Å². The summed E-state index contributed by atoms with van der Waals surface area (Å²) >= 11 is 7.99. The quantitative estimate of drug-likeness (QED) is 0.628. The van der Waals surface area contributed by atoms with Gasteiger partial charge in [0, 0.05) is 10.3 Å². The van der Waals surface area contributed by atoms with Gasteiger partial charge in [-0.1, -0.05) is 30.7 Å². The smallest absolute Gasteiger partial charge is 0.171 e. The van der Waals surface area contributed by atoms with Crippen LogP contribution in [0.2, 0.25) is 5.15 Å². The number of rotatable bonds is 2. The lowest BCUT2D eigenvalue weighted by Gasteiger charge is -2.06. The van der Waals surface area contributed by atoms with Crippen LogP contribution in [-0.2, 0) is 6.42 Å². The highest BCUT2D eigenvalue weighted by Gasteiger charge is 2.11. The first-order valence-electron chi connectivity index (χ1n) is 6.21. The maximum absolute atomic E-state index is 6.30. The summed E-state index contributed by atoms with van der Waals surface area (Å²) in [5.74, 6) is 0.719. The van der Waals surface area contributed by atoms with Crippen LogP contribution in [-0.4, -0.2) is 9.97 Å². The molecule has 0 bridgehead atoms. The molecule has 0 aliphatic carbocycles. The lowest BCUT2D eigenvalue weighted by molar-refractivity contribution is 1.13. The summed E-state index contributed by atoms with van der Waals surface area (Å²) in [4.78, 5) is 11.4. The van der Waals surface area contributed by atoms with Crippen molar-refractivity contribution in [2.24, 2.45) is 0 Å². The normalized spacial score (nSPS) is 11.1. The Morgan fingerprint density at radius 1 is 1.16 bits per heavy atom. The fraction of sp³-hybridized carbons (Fsp3) is 0.200. The van der Waals surface area contributed by atoms with Gasteiger partial charge in [-0.2, -0.15) is 0 Å². The number of aromatic nitrogens is 2. The van der Waals surface area contributed by atoms with E-state index in [0.29, 0.717) is 5.15 Å². The molecule has 0 amide bonds. The molecule has 2 nitrogen and oxygen atoms in total. The molecule has 2 aromatic heterocycles. The average molecular weight is 289 g/mol. The van der Waals surface area contributed by atoms with Gasteiger partial charge >= 0.3 is 0 Å². The van der Waals surface area contributed by atoms with E-state index in [1.807, 2.05) is 18.2 Å². The van der Waals surface area contributed by atoms with Crippen molar-refractivity contribution < 1.29 is 0 Å². The Kier molecular flexibility index (Phi) is 3.25. The van der Waals surface area contributed by atoms with Crippen molar-refractivity contribution in [1.29, 1.82) is 0 Å². The molecule has 2 heterocycles. The van der Waals surface area contributed by atoms with Crippen molar-refractivity contribution in [2.75, 3.05) is 0 Å². The first-order valence-corrected chi connectivity index (χ1v) is 7.40. The van der Waals surface area contributed by atoms with E-state index in [1.165, 1.54) is 10.4 Å². The Balaban J connectivity index is 2.28. The third kappa shape index (κ3) is 2.24. The Morgan fingerprint density at radius 2 is 2.00 bits per heavy atom. The summed E-state index contributed by atoms with van der Waals surface area (Å²) in [6.07, 6.45) is 0.938. The zero-order valence-electron chi connectivity index (χ0n) is 10.8. The molecule has 0 atom stereocenters. The number of hydrogen-bond donors (Lipinski definition) is 0. The molecule has 1 aromatic carbocycles. The third-order valence-electron chi connectivity index (χ3n) is 3.11. The molecule has 3 aromatic rings. The van der Waals surface area contributed by atoms with Crippen molar-refractivity contribution in [3.8, 4) is 10.7 Å². The van der Waals surface area contributed by atoms with Crippen LogP contribution in [0.25, 0.3) is 21.6 Å². The Bertz CT molecular complexity index is 749. The summed E-state index contributed by atoms with van der Waals surface area (Å²) in [6, 6.07) is 10.2. The number of thiophene rings is 1. The minimum atomic E-state index is 0.529. The molecule has 0 unspecified atom stereocenters. The van der Waals surface area contributed by atoms with Gasteiger partial charge in [0.2, 0.25) is 0 Å². The van der Waals surface area contributed by atoms with E-state index >= 15 is 0 Å². The predicted molar refractivity (Wildman–Crippen MR) is 82.0 cm³/mol. The van der Waals surface area contributed by atoms with E-state index in [9.17, 15) is 0 Å². The highest BCUT2D eigenvalue weighted by atomic mass is 35.5. The number of aryl methyl sites for hydroxylation is 2. The predicted octanol–water partition coefficient (Wildman–Crippen LogP) is 4.88. The standard InChI is InChI=1S/C15H13ClN2S/c1-3-10-5-4-6-11-13(10)17-15(18-14(11)16)12-8-7-9(2)19-12/h4-8H,3H2,1-2H3. The molecule has 3 rings (SSSR count). The molecule has 0 fully saturated rings. The van der Waals surface area contributed by atoms with Crippen LogP contribution in [0.3, 0.4) is 0 Å². The van der Waals surface area contributed by atoms with Crippen molar-refractivity contribution in [3.63, 3.8) is 0 Å². The SMILES string of the molecule is CCc1cccc2c(Cl)nc(-c3ccc(C)s3)nc12. The molecule has 0 aliphatic heterocycles. The van der Waals surface area contributed by atoms with E-state index < -0.39 is 0 Å². The van der Waals surface area contributed by atoms with Gasteiger partial charge < -0.3 is 0 Å². The second-order valence-electron chi connectivity index (χ2n) is 4.42. The van der Waals surface area contributed by atoms with Crippen molar-refractivity contribution >= 4 is 33.8 Å². The minimum Gasteiger partial charge on any atom is -0.227 e. The summed E-state index contributed by atoms with van der Waals surface area (Å²) in [7, 11) is 0. The van der Waals surface area contributed by atoms with Crippen LogP contribution in [0.4, 0.5) is 0 Å². The third-order valence-corrected chi connectivity index (χ3v) is 4.39. The number of benzene rings is 1. The topological polar surface area (TPSA) is 25.8 Å². The molecule has 4 heteroatoms. The molecule has 96 valence electrons. The van der Waals surface area contributed by atoms with E-state index in [0.717, 1.165) is 28.0 Å². The molecular weight excluding hydrogens is 276 g/mol. The molecule has 0 N–H and O–H groups in total. The van der Waals surface area contributed by atoms with Gasteiger partial charge in [0.15, 0.2) is 5.82 Å². The lowest BCUT2D eigenvalue weighted by atomic mass is 10.1. The van der Waals surface area contributed by atoms with Crippen LogP contribution in [0, 0.1) is 6.92 Å². The second-order valence-corrected chi connectivity index (χ2v) is 6.06. The van der Waals surface area contributed by atoms with Crippen LogP contribution in [0.5, 0.6) is 0 Å². The van der Waals surface area contributed by atoms with Crippen molar-refractivity contribution in [1.82, 2.24) is 9.97 Å². The largest absolute Gasteiger partial charge is 0.227 e. The average Bonchev–Trinajstić information content (AvgIpc) is 2.85. The van der Waals surface area contributed by atoms with E-state index in [2.05, 4.69) is 31.0 Å². The number of halogens is 1. The number of para-hydroxylation sites is 1. The fourth-order valence-electron chi connectivity index (χ4n) is 2.12. The van der Waals surface area contributed by atoms with Gasteiger partial charge in [-0.25, -0.2) is 9.97 Å². The van der Waals surface area contributed by atoms with E-state index in [-0.39, 0.29) is 0 Å². The van der Waals surface area contributed by atoms with Gasteiger partial charge in [0.05, 0.1) is 10.4 Å². The summed E-state index contributed by atoms with van der Waals surface area (Å²) in [6.45, 7) is 4.20. The zero-order chi connectivity index (χ0) is 13.4. The van der Waals surface area contributed by atoms with Crippen LogP contribution in [0.15, 0.2) is 30.3 Å². The maximum atomic E-state index is 6.30. The summed E-state index contributed by atoms with van der Waals surface area (Å²) in [5, 5.41) is 1.46. The highest BCUT2D eigenvalue weighted by Crippen LogP contribution is 2.30. The molecule has 0 saturated heterocycles. The lowest BCUT2D eigenvalue weighted by Crippen LogP contribution is -1.93. The van der Waals surface area contributed by atoms with Crippen molar-refractivity contribution in [2.45, 2.75) is 20.3 Å². The molecule has 0 saturated carbocycles. The highest BCUT2D eigenvalue weighted by molar-refractivity contribution is 7.15. The second kappa shape index (κ2) is 4.91. The molecule has 0 radical (unpaired) electrons. The molecule has 0 spiro atoms. The van der Waals surface area contributed by atoms with Gasteiger partial charge in [0.1, 0.15) is 5.15 Å². The summed E-state index contributed by atoms with van der Waals surface area (Å²) < 4.78 is 0.